The summed E-state index contributed by atoms with van der Waals surface area (Å²) in [6.45, 7) is 7.37. The lowest BCUT2D eigenvalue weighted by Crippen LogP contribution is -2.49. The summed E-state index contributed by atoms with van der Waals surface area (Å²) in [5, 5.41) is 0. The quantitative estimate of drug-likeness (QED) is 0.198. The normalized spacial score (nSPS) is 34.6. The van der Waals surface area contributed by atoms with E-state index in [9.17, 15) is 4.79 Å². The van der Waals surface area contributed by atoms with Crippen molar-refractivity contribution in [3.63, 3.8) is 0 Å². The number of hydrogen-bond acceptors (Lipinski definition) is 4. The van der Waals surface area contributed by atoms with Crippen LogP contribution in [-0.2, 0) is 19.0 Å². The van der Waals surface area contributed by atoms with Crippen LogP contribution in [-0.4, -0.2) is 31.6 Å². The molecule has 1 saturated heterocycles. The SMILES string of the molecule is CCCCCCC[C@H]1CC[C@H](OC(=O)C2(C)COC([C@H]3CC[C@H](CCCCC)CC3)OC2)CC1. The molecule has 3 fully saturated rings. The Balaban J connectivity index is 1.30. The standard InChI is InChI=1S/C30H54O4/c1-4-6-8-9-11-13-25-16-20-27(21-17-25)34-29(31)30(3)22-32-28(33-23-30)26-18-14-24(15-19-26)12-10-7-5-2/h24-28H,4-23H2,1-3H3/t24-,25-,26-,27-,28?,30?. The van der Waals surface area contributed by atoms with Gasteiger partial charge in [-0.2, -0.15) is 0 Å². The van der Waals surface area contributed by atoms with Gasteiger partial charge in [-0.1, -0.05) is 78.1 Å². The number of rotatable bonds is 13. The number of hydrogen-bond donors (Lipinski definition) is 0. The van der Waals surface area contributed by atoms with Crippen molar-refractivity contribution in [2.24, 2.45) is 23.2 Å². The van der Waals surface area contributed by atoms with Crippen molar-refractivity contribution in [2.45, 2.75) is 149 Å². The molecule has 1 heterocycles. The third-order valence-corrected chi connectivity index (χ3v) is 8.90. The van der Waals surface area contributed by atoms with Crippen molar-refractivity contribution in [1.29, 1.82) is 0 Å². The molecule has 34 heavy (non-hydrogen) atoms. The second kappa shape index (κ2) is 14.8. The van der Waals surface area contributed by atoms with E-state index in [1.165, 1.54) is 103 Å². The van der Waals surface area contributed by atoms with Crippen LogP contribution in [0.1, 0.15) is 136 Å². The van der Waals surface area contributed by atoms with E-state index in [2.05, 4.69) is 13.8 Å². The van der Waals surface area contributed by atoms with Crippen LogP contribution >= 0.6 is 0 Å². The highest BCUT2D eigenvalue weighted by molar-refractivity contribution is 5.77. The van der Waals surface area contributed by atoms with Gasteiger partial charge in [-0.25, -0.2) is 0 Å². The summed E-state index contributed by atoms with van der Waals surface area (Å²) in [4.78, 5) is 13.0. The van der Waals surface area contributed by atoms with E-state index in [0.717, 1.165) is 24.7 Å². The first-order valence-electron chi connectivity index (χ1n) is 15.0. The van der Waals surface area contributed by atoms with Gasteiger partial charge in [0.15, 0.2) is 6.29 Å². The van der Waals surface area contributed by atoms with Crippen LogP contribution in [0.2, 0.25) is 0 Å². The molecule has 4 nitrogen and oxygen atoms in total. The van der Waals surface area contributed by atoms with Gasteiger partial charge >= 0.3 is 5.97 Å². The van der Waals surface area contributed by atoms with Crippen molar-refractivity contribution >= 4 is 5.97 Å². The number of ether oxygens (including phenoxy) is 3. The van der Waals surface area contributed by atoms with E-state index < -0.39 is 5.41 Å². The fourth-order valence-electron chi connectivity index (χ4n) is 6.31. The van der Waals surface area contributed by atoms with Gasteiger partial charge in [0.2, 0.25) is 0 Å². The third-order valence-electron chi connectivity index (χ3n) is 8.90. The van der Waals surface area contributed by atoms with Crippen LogP contribution in [0.3, 0.4) is 0 Å². The molecule has 198 valence electrons. The summed E-state index contributed by atoms with van der Waals surface area (Å²) in [5.41, 5.74) is -0.663. The van der Waals surface area contributed by atoms with Gasteiger partial charge in [0.05, 0.1) is 13.2 Å². The largest absolute Gasteiger partial charge is 0.462 e. The molecule has 0 bridgehead atoms. The Morgan fingerprint density at radius 2 is 1.24 bits per heavy atom. The van der Waals surface area contributed by atoms with Crippen LogP contribution in [0.25, 0.3) is 0 Å². The van der Waals surface area contributed by atoms with Crippen molar-refractivity contribution in [1.82, 2.24) is 0 Å². The first-order valence-corrected chi connectivity index (χ1v) is 15.0. The minimum atomic E-state index is -0.663. The second-order valence-corrected chi connectivity index (χ2v) is 12.1. The lowest BCUT2D eigenvalue weighted by molar-refractivity contribution is -0.254. The zero-order chi connectivity index (χ0) is 24.2. The Kier molecular flexibility index (Phi) is 12.2. The molecule has 0 unspecified atom stereocenters. The molecule has 4 heteroatoms. The van der Waals surface area contributed by atoms with Gasteiger partial charge in [0.25, 0.3) is 0 Å². The van der Waals surface area contributed by atoms with Crippen LogP contribution in [0.5, 0.6) is 0 Å². The van der Waals surface area contributed by atoms with Crippen molar-refractivity contribution in [3.05, 3.63) is 0 Å². The first kappa shape index (κ1) is 28.0. The molecule has 2 saturated carbocycles. The Labute approximate surface area is 210 Å². The van der Waals surface area contributed by atoms with E-state index in [1.807, 2.05) is 6.92 Å². The van der Waals surface area contributed by atoms with Gasteiger partial charge < -0.3 is 14.2 Å². The van der Waals surface area contributed by atoms with Crippen LogP contribution in [0.15, 0.2) is 0 Å². The minimum absolute atomic E-state index is 0.0846. The number of carbonyl (C=O) groups is 1. The predicted octanol–water partition coefficient (Wildman–Crippen LogP) is 8.21. The maximum Gasteiger partial charge on any atom is 0.316 e. The minimum Gasteiger partial charge on any atom is -0.462 e. The fourth-order valence-corrected chi connectivity index (χ4v) is 6.31. The average molecular weight is 479 g/mol. The summed E-state index contributed by atoms with van der Waals surface area (Å²) in [6, 6.07) is 0. The highest BCUT2D eigenvalue weighted by atomic mass is 16.7. The summed E-state index contributed by atoms with van der Waals surface area (Å²) in [5.74, 6) is 2.09. The molecule has 0 aromatic rings. The van der Waals surface area contributed by atoms with E-state index in [-0.39, 0.29) is 18.4 Å². The van der Waals surface area contributed by atoms with Gasteiger partial charge in [-0.15, -0.1) is 0 Å². The smallest absolute Gasteiger partial charge is 0.316 e. The monoisotopic (exact) mass is 478 g/mol. The van der Waals surface area contributed by atoms with Gasteiger partial charge in [0.1, 0.15) is 11.5 Å². The summed E-state index contributed by atoms with van der Waals surface area (Å²) >= 11 is 0. The summed E-state index contributed by atoms with van der Waals surface area (Å²) in [7, 11) is 0. The van der Waals surface area contributed by atoms with Gasteiger partial charge in [0, 0.05) is 5.92 Å². The molecule has 0 spiro atoms. The summed E-state index contributed by atoms with van der Waals surface area (Å²) < 4.78 is 18.3. The summed E-state index contributed by atoms with van der Waals surface area (Å²) in [6.07, 6.45) is 23.0. The Morgan fingerprint density at radius 3 is 1.82 bits per heavy atom. The average Bonchev–Trinajstić information content (AvgIpc) is 2.86. The maximum absolute atomic E-state index is 13.0. The van der Waals surface area contributed by atoms with Gasteiger partial charge in [-0.3, -0.25) is 4.79 Å². The van der Waals surface area contributed by atoms with Gasteiger partial charge in [-0.05, 0) is 70.1 Å². The number of esters is 1. The highest BCUT2D eigenvalue weighted by Crippen LogP contribution is 2.38. The lowest BCUT2D eigenvalue weighted by atomic mass is 9.79. The van der Waals surface area contributed by atoms with Crippen molar-refractivity contribution in [2.75, 3.05) is 13.2 Å². The molecular formula is C30H54O4. The molecule has 0 aromatic carbocycles. The van der Waals surface area contributed by atoms with E-state index in [1.54, 1.807) is 0 Å². The second-order valence-electron chi connectivity index (χ2n) is 12.1. The van der Waals surface area contributed by atoms with Crippen LogP contribution in [0, 0.1) is 23.2 Å². The van der Waals surface area contributed by atoms with E-state index in [0.29, 0.717) is 19.1 Å². The Morgan fingerprint density at radius 1 is 0.735 bits per heavy atom. The molecule has 0 aromatic heterocycles. The predicted molar refractivity (Wildman–Crippen MR) is 139 cm³/mol. The molecule has 0 amide bonds. The highest BCUT2D eigenvalue weighted by Gasteiger charge is 2.44. The molecule has 0 N–H and O–H groups in total. The fraction of sp³-hybridized carbons (Fsp3) is 0.967. The van der Waals surface area contributed by atoms with Crippen LogP contribution in [0.4, 0.5) is 0 Å². The Bertz CT molecular complexity index is 552. The topological polar surface area (TPSA) is 44.8 Å². The molecule has 1 aliphatic heterocycles. The van der Waals surface area contributed by atoms with E-state index in [4.69, 9.17) is 14.2 Å². The van der Waals surface area contributed by atoms with E-state index >= 15 is 0 Å². The molecule has 3 rings (SSSR count). The molecule has 3 aliphatic rings. The van der Waals surface area contributed by atoms with Crippen molar-refractivity contribution < 1.29 is 19.0 Å². The Hall–Kier alpha value is -0.610. The molecular weight excluding hydrogens is 424 g/mol. The first-order chi connectivity index (χ1) is 16.5. The van der Waals surface area contributed by atoms with Crippen LogP contribution < -0.4 is 0 Å². The maximum atomic E-state index is 13.0. The third kappa shape index (κ3) is 8.80. The number of carbonyl (C=O) groups excluding carboxylic acids is 1. The lowest BCUT2D eigenvalue weighted by Gasteiger charge is -2.41. The molecule has 0 atom stereocenters. The molecule has 0 radical (unpaired) electrons. The van der Waals surface area contributed by atoms with Crippen molar-refractivity contribution in [3.8, 4) is 0 Å². The zero-order valence-electron chi connectivity index (χ0n) is 22.7. The zero-order valence-corrected chi connectivity index (χ0v) is 22.7. The number of unbranched alkanes of at least 4 members (excludes halogenated alkanes) is 6. The molecule has 2 aliphatic carbocycles.